The van der Waals surface area contributed by atoms with Crippen LogP contribution in [0.4, 0.5) is 0 Å². The number of carbonyl (C=O) groups excluding carboxylic acids is 4. The molecule has 1 fully saturated rings. The number of rotatable bonds is 10. The zero-order chi connectivity index (χ0) is 25.3. The molecule has 0 saturated carbocycles. The van der Waals surface area contributed by atoms with Gasteiger partial charge in [-0.05, 0) is 37.0 Å². The third-order valence-corrected chi connectivity index (χ3v) is 6.17. The van der Waals surface area contributed by atoms with Crippen molar-refractivity contribution >= 4 is 34.7 Å². The van der Waals surface area contributed by atoms with E-state index >= 15 is 0 Å². The molecular formula is C28H25N3O5. The van der Waals surface area contributed by atoms with Crippen molar-refractivity contribution in [2.24, 2.45) is 5.92 Å². The van der Waals surface area contributed by atoms with E-state index in [0.29, 0.717) is 37.1 Å². The zero-order valence-electron chi connectivity index (χ0n) is 19.5. The van der Waals surface area contributed by atoms with Gasteiger partial charge < -0.3 is 20.4 Å². The Labute approximate surface area is 207 Å². The molecule has 3 atom stereocenters. The highest BCUT2D eigenvalue weighted by molar-refractivity contribution is 5.96. The van der Waals surface area contributed by atoms with Gasteiger partial charge in [0.2, 0.25) is 0 Å². The highest BCUT2D eigenvalue weighted by atomic mass is 16.3. The Morgan fingerprint density at radius 2 is 1.86 bits per heavy atom. The lowest BCUT2D eigenvalue weighted by atomic mass is 9.95. The van der Waals surface area contributed by atoms with Gasteiger partial charge in [-0.1, -0.05) is 48.5 Å². The van der Waals surface area contributed by atoms with E-state index in [4.69, 9.17) is 4.42 Å². The maximum absolute atomic E-state index is 13.1. The average Bonchev–Trinajstić information content (AvgIpc) is 3.54. The Morgan fingerprint density at radius 1 is 1.08 bits per heavy atom. The lowest BCUT2D eigenvalue weighted by Crippen LogP contribution is -2.44. The first-order valence-corrected chi connectivity index (χ1v) is 11.7. The number of amides is 1. The van der Waals surface area contributed by atoms with Crippen LogP contribution in [0, 0.1) is 5.92 Å². The van der Waals surface area contributed by atoms with Crippen LogP contribution >= 0.6 is 0 Å². The normalized spacial score (nSPS) is 16.1. The molecule has 1 aliphatic heterocycles. The number of carbonyl (C=O) groups is 1. The highest BCUT2D eigenvalue weighted by Gasteiger charge is 2.28. The van der Waals surface area contributed by atoms with Gasteiger partial charge in [0, 0.05) is 23.9 Å². The smallest absolute Gasteiger partial charge is 0.287 e. The molecule has 1 aliphatic rings. The van der Waals surface area contributed by atoms with Gasteiger partial charge in [0.15, 0.2) is 5.76 Å². The fourth-order valence-electron chi connectivity index (χ4n) is 4.38. The van der Waals surface area contributed by atoms with Crippen molar-refractivity contribution in [3.63, 3.8) is 0 Å². The van der Waals surface area contributed by atoms with Crippen molar-refractivity contribution in [2.45, 2.75) is 31.3 Å². The van der Waals surface area contributed by atoms with Crippen molar-refractivity contribution in [1.82, 2.24) is 16.0 Å². The van der Waals surface area contributed by atoms with E-state index in [1.165, 1.54) is 6.08 Å². The Morgan fingerprint density at radius 3 is 2.58 bits per heavy atom. The molecule has 8 nitrogen and oxygen atoms in total. The Balaban J connectivity index is 1.57. The minimum Gasteiger partial charge on any atom is -0.451 e. The van der Waals surface area contributed by atoms with Crippen LogP contribution in [0.2, 0.25) is 0 Å². The van der Waals surface area contributed by atoms with Crippen molar-refractivity contribution in [3.05, 3.63) is 89.5 Å². The maximum atomic E-state index is 13.1. The molecule has 182 valence electrons. The van der Waals surface area contributed by atoms with E-state index in [1.54, 1.807) is 18.1 Å². The number of benzene rings is 2. The molecule has 1 amide bonds. The molecule has 0 radical (unpaired) electrons. The first-order valence-electron chi connectivity index (χ1n) is 11.7. The van der Waals surface area contributed by atoms with Crippen molar-refractivity contribution in [3.8, 4) is 0 Å². The summed E-state index contributed by atoms with van der Waals surface area (Å²) >= 11 is 0. The molecule has 3 aromatic rings. The number of furan rings is 1. The first-order chi connectivity index (χ1) is 17.6. The van der Waals surface area contributed by atoms with Gasteiger partial charge in [-0.25, -0.2) is 14.4 Å². The summed E-state index contributed by atoms with van der Waals surface area (Å²) in [5, 5.41) is 9.67. The lowest BCUT2D eigenvalue weighted by Gasteiger charge is -2.25. The minimum atomic E-state index is -0.782. The highest BCUT2D eigenvalue weighted by Crippen LogP contribution is 2.23. The van der Waals surface area contributed by atoms with E-state index in [2.05, 4.69) is 16.0 Å². The molecule has 1 saturated heterocycles. The Hall–Kier alpha value is -4.60. The number of nitrogens with one attached hydrogen (secondary N) is 3. The minimum absolute atomic E-state index is 0.0717. The fourth-order valence-corrected chi connectivity index (χ4v) is 4.38. The SMILES string of the molecule is O=C=CC(C[C@@H]1CCNC1=C=O)NC(=C=O)C(Cc1ccccc1)NC(=O)c1cc2ccccc2o1. The molecular weight excluding hydrogens is 458 g/mol. The summed E-state index contributed by atoms with van der Waals surface area (Å²) in [5.74, 6) is 5.05. The van der Waals surface area contributed by atoms with E-state index in [-0.39, 0.29) is 17.4 Å². The van der Waals surface area contributed by atoms with Crippen LogP contribution in [0.3, 0.4) is 0 Å². The number of hydrogen-bond acceptors (Lipinski definition) is 7. The monoisotopic (exact) mass is 483 g/mol. The molecule has 8 heteroatoms. The quantitative estimate of drug-likeness (QED) is 0.380. The number of hydrogen-bond donors (Lipinski definition) is 3. The predicted octanol–water partition coefficient (Wildman–Crippen LogP) is 2.55. The summed E-state index contributed by atoms with van der Waals surface area (Å²) in [6.07, 6.45) is 2.63. The summed E-state index contributed by atoms with van der Waals surface area (Å²) in [7, 11) is 0. The van der Waals surface area contributed by atoms with Gasteiger partial charge >= 0.3 is 0 Å². The zero-order valence-corrected chi connectivity index (χ0v) is 19.5. The molecule has 1 aromatic heterocycles. The van der Waals surface area contributed by atoms with E-state index in [1.807, 2.05) is 60.4 Å². The Kier molecular flexibility index (Phi) is 7.97. The molecule has 2 unspecified atom stereocenters. The standard InChI is InChI=1S/C28H25N3O5/c32-13-11-22(15-20-10-12-29-24(20)17-33)30-25(18-34)23(14-19-6-2-1-3-7-19)31-28(35)27-16-21-8-4-5-9-26(21)36-27/h1-9,11,16,20,22-23,29-30H,10,12,14-15H2,(H,31,35)/t20-,22?,23?/m0/s1. The van der Waals surface area contributed by atoms with Gasteiger partial charge in [0.1, 0.15) is 29.1 Å². The van der Waals surface area contributed by atoms with E-state index in [9.17, 15) is 19.2 Å². The Bertz CT molecular complexity index is 1340. The van der Waals surface area contributed by atoms with Crippen molar-refractivity contribution in [2.75, 3.05) is 6.54 Å². The van der Waals surface area contributed by atoms with Crippen LogP contribution in [-0.2, 0) is 20.8 Å². The van der Waals surface area contributed by atoms with Gasteiger partial charge in [0.05, 0.1) is 17.8 Å². The topological polar surface area (TPSA) is 118 Å². The van der Waals surface area contributed by atoms with Gasteiger partial charge in [0.25, 0.3) is 5.91 Å². The van der Waals surface area contributed by atoms with Gasteiger partial charge in [-0.2, -0.15) is 0 Å². The number of allylic oxidation sites excluding steroid dienone is 1. The summed E-state index contributed by atoms with van der Waals surface area (Å²) in [5.41, 5.74) is 1.97. The van der Waals surface area contributed by atoms with E-state index in [0.717, 1.165) is 10.9 Å². The molecule has 36 heavy (non-hydrogen) atoms. The number of fused-ring (bicyclic) bond motifs is 1. The second-order valence-electron chi connectivity index (χ2n) is 8.58. The van der Waals surface area contributed by atoms with Crippen LogP contribution < -0.4 is 16.0 Å². The lowest BCUT2D eigenvalue weighted by molar-refractivity contribution is 0.0915. The molecule has 0 spiro atoms. The van der Waals surface area contributed by atoms with Crippen molar-refractivity contribution < 1.29 is 23.6 Å². The molecule has 2 heterocycles. The first kappa shape index (κ1) is 24.5. The summed E-state index contributed by atoms with van der Waals surface area (Å²) in [6.45, 7) is 0.632. The fraction of sp³-hybridized carbons (Fsp3) is 0.250. The second kappa shape index (κ2) is 11.7. The van der Waals surface area contributed by atoms with Crippen molar-refractivity contribution in [1.29, 1.82) is 0 Å². The van der Waals surface area contributed by atoms with Gasteiger partial charge in [-0.15, -0.1) is 0 Å². The molecule has 4 rings (SSSR count). The summed E-state index contributed by atoms with van der Waals surface area (Å²) in [6, 6.07) is 16.9. The second-order valence-corrected chi connectivity index (χ2v) is 8.58. The average molecular weight is 484 g/mol. The maximum Gasteiger partial charge on any atom is 0.287 e. The summed E-state index contributed by atoms with van der Waals surface area (Å²) < 4.78 is 5.68. The molecule has 0 aliphatic carbocycles. The van der Waals surface area contributed by atoms with Crippen LogP contribution in [0.25, 0.3) is 11.0 Å². The predicted molar refractivity (Wildman–Crippen MR) is 134 cm³/mol. The molecule has 0 bridgehead atoms. The third kappa shape index (κ3) is 5.90. The van der Waals surface area contributed by atoms with Gasteiger partial charge in [-0.3, -0.25) is 4.79 Å². The van der Waals surface area contributed by atoms with Crippen LogP contribution in [-0.4, -0.2) is 42.4 Å². The van der Waals surface area contributed by atoms with Crippen LogP contribution in [0.1, 0.15) is 29.0 Å². The van der Waals surface area contributed by atoms with E-state index < -0.39 is 18.0 Å². The largest absolute Gasteiger partial charge is 0.451 e. The van der Waals surface area contributed by atoms with Crippen LogP contribution in [0.15, 0.2) is 82.6 Å². The molecule has 2 aromatic carbocycles. The summed E-state index contributed by atoms with van der Waals surface area (Å²) in [4.78, 5) is 47.6. The molecule has 3 N–H and O–H groups in total. The number of para-hydroxylation sites is 1. The van der Waals surface area contributed by atoms with Crippen LogP contribution in [0.5, 0.6) is 0 Å². The third-order valence-electron chi connectivity index (χ3n) is 6.17.